The molecule has 0 unspecified atom stereocenters. The molecule has 16 heavy (non-hydrogen) atoms. The number of nitrogens with zero attached hydrogens (tertiary/aromatic N) is 2. The first kappa shape index (κ1) is 12.1. The smallest absolute Gasteiger partial charge is 0.211 e. The van der Waals surface area contributed by atoms with Crippen LogP contribution in [0.25, 0.3) is 0 Å². The van der Waals surface area contributed by atoms with E-state index in [1.165, 1.54) is 12.2 Å². The summed E-state index contributed by atoms with van der Waals surface area (Å²) in [5.74, 6) is 0. The largest absolute Gasteiger partial charge is 0.235 e. The third kappa shape index (κ3) is 2.99. The van der Waals surface area contributed by atoms with Crippen molar-refractivity contribution in [2.45, 2.75) is 26.9 Å². The van der Waals surface area contributed by atoms with Gasteiger partial charge in [0.05, 0.1) is 13.1 Å². The molecule has 0 spiro atoms. The fourth-order valence-corrected chi connectivity index (χ4v) is 1.66. The predicted molar refractivity (Wildman–Crippen MR) is 59.6 cm³/mol. The van der Waals surface area contributed by atoms with E-state index >= 15 is 0 Å². The van der Waals surface area contributed by atoms with E-state index < -0.39 is 0 Å². The van der Waals surface area contributed by atoms with Gasteiger partial charge in [-0.2, -0.15) is 0 Å². The summed E-state index contributed by atoms with van der Waals surface area (Å²) in [5.41, 5.74) is 4.05. The van der Waals surface area contributed by atoms with Crippen LogP contribution in [0.5, 0.6) is 0 Å². The van der Waals surface area contributed by atoms with Crippen LogP contribution in [0.1, 0.15) is 22.3 Å². The lowest BCUT2D eigenvalue weighted by Gasteiger charge is -2.08. The Morgan fingerprint density at radius 3 is 2.00 bits per heavy atom. The number of hydrogen-bond donors (Lipinski definition) is 0. The van der Waals surface area contributed by atoms with Crippen LogP contribution < -0.4 is 0 Å². The molecule has 0 aliphatic heterocycles. The Morgan fingerprint density at radius 2 is 1.50 bits per heavy atom. The van der Waals surface area contributed by atoms with E-state index in [0.29, 0.717) is 13.1 Å². The number of carbonyl (C=O) groups excluding carboxylic acids is 2. The fourth-order valence-electron chi connectivity index (χ4n) is 1.66. The predicted octanol–water partition coefficient (Wildman–Crippen LogP) is 1.98. The molecule has 0 saturated heterocycles. The molecular weight excluding hydrogens is 204 g/mol. The van der Waals surface area contributed by atoms with Gasteiger partial charge in [-0.15, -0.1) is 0 Å². The summed E-state index contributed by atoms with van der Waals surface area (Å²) in [6.45, 7) is 4.56. The summed E-state index contributed by atoms with van der Waals surface area (Å²) < 4.78 is 0. The van der Waals surface area contributed by atoms with Crippen molar-refractivity contribution in [3.05, 3.63) is 34.4 Å². The Hall–Kier alpha value is -2.02. The molecule has 0 aliphatic rings. The number of rotatable bonds is 4. The maximum Gasteiger partial charge on any atom is 0.235 e. The van der Waals surface area contributed by atoms with Crippen molar-refractivity contribution in [3.63, 3.8) is 0 Å². The monoisotopic (exact) mass is 216 g/mol. The van der Waals surface area contributed by atoms with Crippen molar-refractivity contribution < 1.29 is 9.59 Å². The second-order valence-electron chi connectivity index (χ2n) is 3.52. The molecule has 1 aromatic carbocycles. The summed E-state index contributed by atoms with van der Waals surface area (Å²) in [4.78, 5) is 27.2. The van der Waals surface area contributed by atoms with Crippen LogP contribution >= 0.6 is 0 Å². The minimum Gasteiger partial charge on any atom is -0.211 e. The summed E-state index contributed by atoms with van der Waals surface area (Å²) in [6, 6.07) is 3.87. The van der Waals surface area contributed by atoms with Crippen molar-refractivity contribution in [1.82, 2.24) is 0 Å². The maximum absolute atomic E-state index is 10.1. The minimum absolute atomic E-state index is 0.336. The highest BCUT2D eigenvalue weighted by Gasteiger charge is 2.04. The quantitative estimate of drug-likeness (QED) is 0.570. The molecule has 0 fully saturated rings. The van der Waals surface area contributed by atoms with Crippen LogP contribution in [0.3, 0.4) is 0 Å². The average molecular weight is 216 g/mol. The minimum atomic E-state index is 0.336. The standard InChI is InChI=1S/C12H12N2O2/c1-9-3-11(5-13-7-15)4-10(2)12(9)6-14-8-16/h3-4H,5-6H2,1-2H3. The van der Waals surface area contributed by atoms with Gasteiger partial charge in [0.1, 0.15) is 0 Å². The van der Waals surface area contributed by atoms with Gasteiger partial charge in [-0.05, 0) is 36.1 Å². The van der Waals surface area contributed by atoms with Gasteiger partial charge in [-0.3, -0.25) is 0 Å². The maximum atomic E-state index is 10.1. The van der Waals surface area contributed by atoms with Crippen molar-refractivity contribution in [1.29, 1.82) is 0 Å². The first-order valence-electron chi connectivity index (χ1n) is 4.85. The van der Waals surface area contributed by atoms with E-state index in [0.717, 1.165) is 22.3 Å². The lowest BCUT2D eigenvalue weighted by Crippen LogP contribution is -1.95. The van der Waals surface area contributed by atoms with E-state index in [4.69, 9.17) is 0 Å². The highest BCUT2D eigenvalue weighted by molar-refractivity contribution is 5.41. The molecule has 0 radical (unpaired) electrons. The van der Waals surface area contributed by atoms with Crippen LogP contribution in [0.4, 0.5) is 0 Å². The Balaban J connectivity index is 3.05. The third-order valence-corrected chi connectivity index (χ3v) is 2.38. The van der Waals surface area contributed by atoms with Crippen molar-refractivity contribution >= 4 is 12.2 Å². The average Bonchev–Trinajstić information content (AvgIpc) is 2.25. The summed E-state index contributed by atoms with van der Waals surface area (Å²) in [7, 11) is 0. The van der Waals surface area contributed by atoms with Gasteiger partial charge in [0.15, 0.2) is 0 Å². The van der Waals surface area contributed by atoms with Gasteiger partial charge in [0.25, 0.3) is 0 Å². The highest BCUT2D eigenvalue weighted by atomic mass is 16.1. The van der Waals surface area contributed by atoms with Crippen molar-refractivity contribution in [2.24, 2.45) is 9.98 Å². The molecule has 0 aliphatic carbocycles. The molecular formula is C12H12N2O2. The van der Waals surface area contributed by atoms with E-state index in [2.05, 4.69) is 9.98 Å². The number of aliphatic imine (C=N–C) groups is 2. The van der Waals surface area contributed by atoms with Gasteiger partial charge in [0.2, 0.25) is 12.2 Å². The van der Waals surface area contributed by atoms with E-state index in [1.807, 2.05) is 26.0 Å². The van der Waals surface area contributed by atoms with Gasteiger partial charge in [-0.1, -0.05) is 12.1 Å². The number of isocyanates is 2. The molecule has 82 valence electrons. The topological polar surface area (TPSA) is 58.9 Å². The third-order valence-electron chi connectivity index (χ3n) is 2.38. The Morgan fingerprint density at radius 1 is 1.00 bits per heavy atom. The second-order valence-corrected chi connectivity index (χ2v) is 3.52. The molecule has 4 heteroatoms. The summed E-state index contributed by atoms with van der Waals surface area (Å²) >= 11 is 0. The zero-order valence-corrected chi connectivity index (χ0v) is 9.28. The molecule has 0 N–H and O–H groups in total. The first-order chi connectivity index (χ1) is 7.69. The molecule has 0 heterocycles. The second kappa shape index (κ2) is 5.76. The van der Waals surface area contributed by atoms with E-state index in [9.17, 15) is 9.59 Å². The van der Waals surface area contributed by atoms with E-state index in [-0.39, 0.29) is 0 Å². The molecule has 0 aromatic heterocycles. The van der Waals surface area contributed by atoms with Gasteiger partial charge >= 0.3 is 0 Å². The Bertz CT molecular complexity index is 459. The van der Waals surface area contributed by atoms with Crippen LogP contribution in [-0.2, 0) is 22.7 Å². The fraction of sp³-hybridized carbons (Fsp3) is 0.333. The van der Waals surface area contributed by atoms with Crippen LogP contribution in [-0.4, -0.2) is 12.2 Å². The summed E-state index contributed by atoms with van der Waals surface area (Å²) in [6.07, 6.45) is 3.03. The zero-order chi connectivity index (χ0) is 12.0. The van der Waals surface area contributed by atoms with Gasteiger partial charge in [0, 0.05) is 0 Å². The number of aryl methyl sites for hydroxylation is 2. The Labute approximate surface area is 93.7 Å². The van der Waals surface area contributed by atoms with Crippen LogP contribution in [0, 0.1) is 13.8 Å². The normalized spacial score (nSPS) is 9.12. The van der Waals surface area contributed by atoms with Gasteiger partial charge in [-0.25, -0.2) is 19.6 Å². The molecule has 0 saturated carbocycles. The molecule has 1 rings (SSSR count). The molecule has 0 amide bonds. The zero-order valence-electron chi connectivity index (χ0n) is 9.28. The highest BCUT2D eigenvalue weighted by Crippen LogP contribution is 2.18. The first-order valence-corrected chi connectivity index (χ1v) is 4.85. The number of benzene rings is 1. The van der Waals surface area contributed by atoms with E-state index in [1.54, 1.807) is 0 Å². The SMILES string of the molecule is Cc1cc(CN=C=O)cc(C)c1CN=C=O. The lowest BCUT2D eigenvalue weighted by atomic mass is 9.99. The summed E-state index contributed by atoms with van der Waals surface area (Å²) in [5, 5.41) is 0. The van der Waals surface area contributed by atoms with Crippen LogP contribution in [0.15, 0.2) is 22.1 Å². The Kier molecular flexibility index (Phi) is 4.34. The molecule has 0 atom stereocenters. The molecule has 1 aromatic rings. The molecule has 4 nitrogen and oxygen atoms in total. The number of hydrogen-bond acceptors (Lipinski definition) is 4. The molecule has 0 bridgehead atoms. The lowest BCUT2D eigenvalue weighted by molar-refractivity contribution is 0.562. The van der Waals surface area contributed by atoms with Crippen LogP contribution in [0.2, 0.25) is 0 Å². The van der Waals surface area contributed by atoms with Gasteiger partial charge < -0.3 is 0 Å². The van der Waals surface area contributed by atoms with Crippen molar-refractivity contribution in [2.75, 3.05) is 0 Å². The van der Waals surface area contributed by atoms with Crippen molar-refractivity contribution in [3.8, 4) is 0 Å².